The highest BCUT2D eigenvalue weighted by Gasteiger charge is 2.25. The van der Waals surface area contributed by atoms with Gasteiger partial charge in [0.1, 0.15) is 16.9 Å². The van der Waals surface area contributed by atoms with E-state index in [1.165, 1.54) is 33.6 Å². The number of fused-ring (bicyclic) bond motifs is 2. The van der Waals surface area contributed by atoms with Crippen LogP contribution in [0.1, 0.15) is 16.0 Å². The smallest absolute Gasteiger partial charge is 0.320 e. The van der Waals surface area contributed by atoms with Gasteiger partial charge in [0.05, 0.1) is 16.9 Å². The zero-order valence-electron chi connectivity index (χ0n) is 20.3. The molecule has 3 heterocycles. The van der Waals surface area contributed by atoms with Crippen LogP contribution in [0.3, 0.4) is 0 Å². The number of piperazine rings is 1. The quantitative estimate of drug-likeness (QED) is 0.339. The van der Waals surface area contributed by atoms with Crippen LogP contribution in [0.4, 0.5) is 16.4 Å². The van der Waals surface area contributed by atoms with Crippen molar-refractivity contribution in [1.82, 2.24) is 9.80 Å². The number of aliphatic imine (C=N–C) groups is 1. The maximum Gasteiger partial charge on any atom is 0.320 e. The van der Waals surface area contributed by atoms with Crippen molar-refractivity contribution < 1.29 is 20.1 Å². The minimum absolute atomic E-state index is 0.114. The van der Waals surface area contributed by atoms with E-state index >= 15 is 0 Å². The summed E-state index contributed by atoms with van der Waals surface area (Å²) in [5.41, 5.74) is 9.21. The summed E-state index contributed by atoms with van der Waals surface area (Å²) in [4.78, 5) is 21.5. The van der Waals surface area contributed by atoms with Crippen molar-refractivity contribution in [2.75, 3.05) is 38.5 Å². The largest absolute Gasteiger partial charge is 0.504 e. The van der Waals surface area contributed by atoms with E-state index in [9.17, 15) is 4.79 Å². The molecule has 3 aromatic rings. The number of carbonyl (C=O) groups is 1. The van der Waals surface area contributed by atoms with Crippen molar-refractivity contribution in [3.05, 3.63) is 64.5 Å². The Hall–Kier alpha value is -3.60. The van der Waals surface area contributed by atoms with Gasteiger partial charge < -0.3 is 36.2 Å². The molecule has 0 saturated carbocycles. The van der Waals surface area contributed by atoms with Gasteiger partial charge in [0.2, 0.25) is 0 Å². The number of nitrogens with zero attached hydrogens (tertiary/aromatic N) is 3. The lowest BCUT2D eigenvalue weighted by Crippen LogP contribution is -2.47. The molecule has 36 heavy (non-hydrogen) atoms. The number of aliphatic carboxylic acids is 1. The molecule has 1 saturated heterocycles. The zero-order chi connectivity index (χ0) is 25.8. The summed E-state index contributed by atoms with van der Waals surface area (Å²) in [5.74, 6) is -0.500. The number of likely N-dealkylation sites (N-methyl/N-ethyl adjacent to an activating group) is 1. The number of rotatable bonds is 3. The molecule has 2 aromatic carbocycles. The fourth-order valence-electron chi connectivity index (χ4n) is 4.04. The van der Waals surface area contributed by atoms with Gasteiger partial charge in [-0.2, -0.15) is 0 Å². The molecule has 0 aliphatic carbocycles. The van der Waals surface area contributed by atoms with Crippen LogP contribution >= 0.6 is 11.3 Å². The highest BCUT2D eigenvalue weighted by Crippen LogP contribution is 2.39. The Balaban J connectivity index is 0.000000189. The molecule has 1 atom stereocenters. The number of aromatic hydroxyl groups is 2. The van der Waals surface area contributed by atoms with Crippen LogP contribution in [0.15, 0.2) is 53.5 Å². The molecule has 2 aliphatic heterocycles. The Labute approximate surface area is 214 Å². The molecule has 0 radical (unpaired) electrons. The first-order valence-electron chi connectivity index (χ1n) is 11.7. The number of phenolic OH excluding ortho intramolecular Hbond substituents is 2. The molecule has 2 aliphatic rings. The van der Waals surface area contributed by atoms with Gasteiger partial charge in [-0.05, 0) is 56.3 Å². The topological polar surface area (TPSA) is 135 Å². The summed E-state index contributed by atoms with van der Waals surface area (Å²) in [6.07, 6.45) is 0.114. The number of carboxylic acid groups (broad SMARTS) is 1. The van der Waals surface area contributed by atoms with Gasteiger partial charge in [-0.15, -0.1) is 11.3 Å². The molecule has 0 bridgehead atoms. The van der Waals surface area contributed by atoms with E-state index in [1.54, 1.807) is 11.3 Å². The molecule has 5 rings (SSSR count). The van der Waals surface area contributed by atoms with Crippen LogP contribution in [-0.4, -0.2) is 76.2 Å². The average molecular weight is 510 g/mol. The van der Waals surface area contributed by atoms with Gasteiger partial charge in [0, 0.05) is 31.1 Å². The monoisotopic (exact) mass is 509 g/mol. The molecule has 9 nitrogen and oxygen atoms in total. The molecule has 1 fully saturated rings. The molecule has 0 amide bonds. The predicted molar refractivity (Wildman–Crippen MR) is 143 cm³/mol. The lowest BCUT2D eigenvalue weighted by atomic mass is 10.1. The first kappa shape index (κ1) is 25.5. The first-order valence-corrected chi connectivity index (χ1v) is 12.5. The van der Waals surface area contributed by atoms with E-state index in [4.69, 9.17) is 26.0 Å². The van der Waals surface area contributed by atoms with Gasteiger partial charge in [0.25, 0.3) is 0 Å². The molecule has 1 aromatic heterocycles. The second kappa shape index (κ2) is 11.0. The van der Waals surface area contributed by atoms with Crippen molar-refractivity contribution in [2.24, 2.45) is 10.7 Å². The Morgan fingerprint density at radius 3 is 2.53 bits per heavy atom. The van der Waals surface area contributed by atoms with Crippen molar-refractivity contribution in [3.63, 3.8) is 0 Å². The van der Waals surface area contributed by atoms with Crippen LogP contribution in [0.2, 0.25) is 0 Å². The Morgan fingerprint density at radius 2 is 1.83 bits per heavy atom. The third kappa shape index (κ3) is 5.96. The summed E-state index contributed by atoms with van der Waals surface area (Å²) < 4.78 is 0. The standard InChI is InChI=1S/C17H20N4S.C9H11NO4/c1-12-11-13-16(21-9-7-20(2)8-10-21)18-14-5-3-4-6-15(14)19-17(13)22-12;10-6(9(13)14)3-5-1-2-7(11)8(12)4-5/h3-6,11,19H,7-10H2,1-2H3;1-2,4,6,11-12H,3,10H2,(H,13,14)/t;6-/m.0/s1. The van der Waals surface area contributed by atoms with E-state index in [-0.39, 0.29) is 17.9 Å². The summed E-state index contributed by atoms with van der Waals surface area (Å²) in [6.45, 7) is 6.41. The molecule has 0 spiro atoms. The Kier molecular flexibility index (Phi) is 7.78. The average Bonchev–Trinajstić information content (AvgIpc) is 3.14. The van der Waals surface area contributed by atoms with Gasteiger partial charge in [-0.25, -0.2) is 4.99 Å². The number of nitrogens with two attached hydrogens (primary N) is 1. The summed E-state index contributed by atoms with van der Waals surface area (Å²) >= 11 is 1.81. The van der Waals surface area contributed by atoms with E-state index in [1.807, 2.05) is 0 Å². The number of benzene rings is 2. The van der Waals surface area contributed by atoms with Crippen molar-refractivity contribution in [1.29, 1.82) is 0 Å². The van der Waals surface area contributed by atoms with Gasteiger partial charge in [-0.1, -0.05) is 18.2 Å². The SMILES string of the molecule is Cc1cc2c(s1)Nc1ccccc1N=C2N1CCN(C)CC1.N[C@@H](Cc1ccc(O)c(O)c1)C(=O)O. The fraction of sp³-hybridized carbons (Fsp3) is 0.308. The van der Waals surface area contributed by atoms with Crippen LogP contribution < -0.4 is 11.1 Å². The molecule has 10 heteroatoms. The van der Waals surface area contributed by atoms with Gasteiger partial charge >= 0.3 is 5.97 Å². The lowest BCUT2D eigenvalue weighted by Gasteiger charge is -2.34. The van der Waals surface area contributed by atoms with E-state index in [0.717, 1.165) is 43.4 Å². The third-order valence-electron chi connectivity index (χ3n) is 6.09. The Morgan fingerprint density at radius 1 is 1.11 bits per heavy atom. The normalized spacial score (nSPS) is 15.9. The predicted octanol–water partition coefficient (Wildman–Crippen LogP) is 3.49. The Bertz CT molecular complexity index is 1270. The first-order chi connectivity index (χ1) is 17.2. The number of aryl methyl sites for hydroxylation is 1. The summed E-state index contributed by atoms with van der Waals surface area (Å²) in [5, 5.41) is 31.4. The number of hydrogen-bond donors (Lipinski definition) is 5. The highest BCUT2D eigenvalue weighted by atomic mass is 32.1. The minimum atomic E-state index is -1.10. The summed E-state index contributed by atoms with van der Waals surface area (Å²) in [6, 6.07) is 13.6. The van der Waals surface area contributed by atoms with Crippen molar-refractivity contribution in [3.8, 4) is 11.5 Å². The van der Waals surface area contributed by atoms with E-state index in [0.29, 0.717) is 5.56 Å². The zero-order valence-corrected chi connectivity index (χ0v) is 21.1. The number of phenols is 2. The lowest BCUT2D eigenvalue weighted by molar-refractivity contribution is -0.138. The second-order valence-electron chi connectivity index (χ2n) is 8.94. The number of carboxylic acids is 1. The summed E-state index contributed by atoms with van der Waals surface area (Å²) in [7, 11) is 2.18. The number of nitrogens with one attached hydrogen (secondary N) is 1. The maximum absolute atomic E-state index is 10.4. The minimum Gasteiger partial charge on any atom is -0.504 e. The fourth-order valence-corrected chi connectivity index (χ4v) is 4.96. The van der Waals surface area contributed by atoms with Crippen molar-refractivity contribution >= 4 is 39.5 Å². The molecular formula is C26H31N5O4S. The van der Waals surface area contributed by atoms with Crippen LogP contribution in [0, 0.1) is 6.92 Å². The number of hydrogen-bond acceptors (Lipinski definition) is 9. The van der Waals surface area contributed by atoms with Crippen molar-refractivity contribution in [2.45, 2.75) is 19.4 Å². The highest BCUT2D eigenvalue weighted by molar-refractivity contribution is 7.16. The number of amidine groups is 1. The third-order valence-corrected chi connectivity index (χ3v) is 7.06. The second-order valence-corrected chi connectivity index (χ2v) is 10.2. The van der Waals surface area contributed by atoms with E-state index in [2.05, 4.69) is 59.4 Å². The molecule has 0 unspecified atom stereocenters. The van der Waals surface area contributed by atoms with Gasteiger partial charge in [-0.3, -0.25) is 4.79 Å². The van der Waals surface area contributed by atoms with Gasteiger partial charge in [0.15, 0.2) is 11.5 Å². The molecular weight excluding hydrogens is 478 g/mol. The van der Waals surface area contributed by atoms with Crippen LogP contribution in [0.25, 0.3) is 0 Å². The molecule has 190 valence electrons. The number of anilines is 2. The van der Waals surface area contributed by atoms with Crippen LogP contribution in [-0.2, 0) is 11.2 Å². The number of thiophene rings is 1. The molecule has 6 N–H and O–H groups in total. The van der Waals surface area contributed by atoms with Crippen LogP contribution in [0.5, 0.6) is 11.5 Å². The number of para-hydroxylation sites is 2. The maximum atomic E-state index is 10.4. The van der Waals surface area contributed by atoms with E-state index < -0.39 is 12.0 Å².